The van der Waals surface area contributed by atoms with Crippen LogP contribution in [0.2, 0.25) is 0 Å². The van der Waals surface area contributed by atoms with E-state index in [1.807, 2.05) is 23.6 Å². The highest BCUT2D eigenvalue weighted by Crippen LogP contribution is 2.33. The quantitative estimate of drug-likeness (QED) is 0.536. The Morgan fingerprint density at radius 1 is 1.10 bits per heavy atom. The minimum atomic E-state index is -3.34. The first-order chi connectivity index (χ1) is 14.7. The fourth-order valence-corrected chi connectivity index (χ4v) is 5.36. The van der Waals surface area contributed by atoms with Crippen LogP contribution in [0.3, 0.4) is 0 Å². The summed E-state index contributed by atoms with van der Waals surface area (Å²) in [6, 6.07) is 10.2. The number of hydrogen-bond donors (Lipinski definition) is 0. The summed E-state index contributed by atoms with van der Waals surface area (Å²) in [6.07, 6.45) is 0.0899. The Hall–Kier alpha value is -2.65. The molecule has 1 amide bonds. The molecule has 166 valence electrons. The Bertz CT molecular complexity index is 1270. The van der Waals surface area contributed by atoms with Crippen LogP contribution in [0.1, 0.15) is 26.3 Å². The van der Waals surface area contributed by atoms with Gasteiger partial charge in [0.05, 0.1) is 41.0 Å². The van der Waals surface area contributed by atoms with Gasteiger partial charge in [-0.25, -0.2) is 8.42 Å². The highest BCUT2D eigenvalue weighted by Gasteiger charge is 2.19. The number of benzene rings is 2. The maximum Gasteiger partial charge on any atom is 0.252 e. The summed E-state index contributed by atoms with van der Waals surface area (Å²) < 4.78 is 38.1. The van der Waals surface area contributed by atoms with Gasteiger partial charge in [-0.05, 0) is 38.5 Å². The van der Waals surface area contributed by atoms with Gasteiger partial charge in [0, 0.05) is 18.7 Å². The van der Waals surface area contributed by atoms with E-state index in [4.69, 9.17) is 9.47 Å². The van der Waals surface area contributed by atoms with Crippen molar-refractivity contribution in [3.63, 3.8) is 0 Å². The van der Waals surface area contributed by atoms with Gasteiger partial charge in [-0.2, -0.15) is 4.99 Å². The lowest BCUT2D eigenvalue weighted by Crippen LogP contribution is -2.16. The van der Waals surface area contributed by atoms with Crippen molar-refractivity contribution in [1.82, 2.24) is 4.57 Å². The van der Waals surface area contributed by atoms with Gasteiger partial charge in [0.2, 0.25) is 0 Å². The summed E-state index contributed by atoms with van der Waals surface area (Å²) in [5.74, 6) is 0.935. The van der Waals surface area contributed by atoms with Crippen LogP contribution in [-0.4, -0.2) is 38.4 Å². The number of hydrogen-bond acceptors (Lipinski definition) is 6. The third-order valence-corrected chi connectivity index (χ3v) is 8.16. The summed E-state index contributed by atoms with van der Waals surface area (Å²) in [7, 11) is -0.173. The molecule has 0 saturated heterocycles. The van der Waals surface area contributed by atoms with Gasteiger partial charge in [0.25, 0.3) is 5.91 Å². The molecule has 1 aromatic heterocycles. The first kappa shape index (κ1) is 23.0. The number of ether oxygens (including phenoxy) is 2. The fourth-order valence-electron chi connectivity index (χ4n) is 3.18. The van der Waals surface area contributed by atoms with Crippen molar-refractivity contribution in [2.24, 2.45) is 4.99 Å². The number of aromatic nitrogens is 1. The average molecular weight is 463 g/mol. The Balaban J connectivity index is 1.92. The number of amides is 1. The minimum Gasteiger partial charge on any atom is -0.493 e. The fraction of sp³-hybridized carbons (Fsp3) is 0.364. The zero-order chi connectivity index (χ0) is 22.8. The molecule has 0 aliphatic carbocycles. The number of rotatable bonds is 7. The molecule has 0 radical (unpaired) electrons. The van der Waals surface area contributed by atoms with Gasteiger partial charge in [-0.15, -0.1) is 0 Å². The largest absolute Gasteiger partial charge is 0.493 e. The summed E-state index contributed by atoms with van der Waals surface area (Å²) >= 11 is 1.41. The zero-order valence-corrected chi connectivity index (χ0v) is 19.8. The number of carbonyl (C=O) groups is 1. The van der Waals surface area contributed by atoms with Gasteiger partial charge in [0.15, 0.2) is 26.1 Å². The SMILES string of the molecule is CCn1c(=NC(=O)Cc2ccc(S(=O)(=O)C(C)C)cc2)sc2cc(OC)c(OC)cc21. The maximum absolute atomic E-state index is 12.6. The van der Waals surface area contributed by atoms with E-state index in [0.717, 1.165) is 10.2 Å². The lowest BCUT2D eigenvalue weighted by atomic mass is 10.1. The molecular formula is C22H26N2O5S2. The molecule has 7 nitrogen and oxygen atoms in total. The summed E-state index contributed by atoms with van der Waals surface area (Å²) in [5.41, 5.74) is 1.63. The zero-order valence-electron chi connectivity index (χ0n) is 18.2. The highest BCUT2D eigenvalue weighted by atomic mass is 32.2. The second-order valence-electron chi connectivity index (χ2n) is 7.22. The molecule has 0 aliphatic heterocycles. The van der Waals surface area contributed by atoms with Crippen LogP contribution in [0.15, 0.2) is 46.3 Å². The third kappa shape index (κ3) is 4.67. The smallest absolute Gasteiger partial charge is 0.252 e. The number of methoxy groups -OCH3 is 2. The van der Waals surface area contributed by atoms with Crippen molar-refractivity contribution in [1.29, 1.82) is 0 Å². The number of aryl methyl sites for hydroxylation is 1. The standard InChI is InChI=1S/C22H26N2O5S2/c1-6-24-17-12-18(28-4)19(29-5)13-20(17)30-22(24)23-21(25)11-15-7-9-16(10-8-15)31(26,27)14(2)3/h7-10,12-14H,6,11H2,1-5H3. The Morgan fingerprint density at radius 2 is 1.71 bits per heavy atom. The number of carbonyl (C=O) groups excluding carboxylic acids is 1. The Labute approximate surface area is 185 Å². The molecule has 1 heterocycles. The molecule has 9 heteroatoms. The molecule has 3 aromatic rings. The molecule has 0 atom stereocenters. The number of nitrogens with zero attached hydrogens (tertiary/aromatic N) is 2. The van der Waals surface area contributed by atoms with Crippen LogP contribution in [0, 0.1) is 0 Å². The maximum atomic E-state index is 12.6. The second-order valence-corrected chi connectivity index (χ2v) is 10.7. The van der Waals surface area contributed by atoms with Crippen LogP contribution in [0.5, 0.6) is 11.5 Å². The summed E-state index contributed by atoms with van der Waals surface area (Å²) in [5, 5.41) is -0.496. The summed E-state index contributed by atoms with van der Waals surface area (Å²) in [4.78, 5) is 17.8. The first-order valence-electron chi connectivity index (χ1n) is 9.87. The van der Waals surface area contributed by atoms with Gasteiger partial charge in [-0.3, -0.25) is 4.79 Å². The van der Waals surface area contributed by atoms with E-state index < -0.39 is 15.1 Å². The van der Waals surface area contributed by atoms with Crippen LogP contribution in [0.4, 0.5) is 0 Å². The molecule has 0 N–H and O–H groups in total. The van der Waals surface area contributed by atoms with E-state index in [9.17, 15) is 13.2 Å². The number of thiazole rings is 1. The monoisotopic (exact) mass is 462 g/mol. The molecule has 0 unspecified atom stereocenters. The van der Waals surface area contributed by atoms with Crippen molar-refractivity contribution in [3.05, 3.63) is 46.8 Å². The normalized spacial score (nSPS) is 12.5. The van der Waals surface area contributed by atoms with Gasteiger partial charge in [-0.1, -0.05) is 23.5 Å². The summed E-state index contributed by atoms with van der Waals surface area (Å²) in [6.45, 7) is 5.92. The molecule has 2 aromatic carbocycles. The van der Waals surface area contributed by atoms with Gasteiger partial charge in [0.1, 0.15) is 0 Å². The van der Waals surface area contributed by atoms with Crippen molar-refractivity contribution in [3.8, 4) is 11.5 Å². The lowest BCUT2D eigenvalue weighted by Gasteiger charge is -2.08. The number of sulfone groups is 1. The molecule has 0 bridgehead atoms. The minimum absolute atomic E-state index is 0.0899. The van der Waals surface area contributed by atoms with Crippen LogP contribution in [0.25, 0.3) is 10.2 Å². The second kappa shape index (κ2) is 9.23. The Kier molecular flexibility index (Phi) is 6.86. The van der Waals surface area contributed by atoms with E-state index in [0.29, 0.717) is 28.4 Å². The highest BCUT2D eigenvalue weighted by molar-refractivity contribution is 7.92. The van der Waals surface area contributed by atoms with Gasteiger partial charge >= 0.3 is 0 Å². The van der Waals surface area contributed by atoms with Crippen molar-refractivity contribution < 1.29 is 22.7 Å². The van der Waals surface area contributed by atoms with Gasteiger partial charge < -0.3 is 14.0 Å². The molecule has 0 saturated carbocycles. The van der Waals surface area contributed by atoms with E-state index in [2.05, 4.69) is 4.99 Å². The molecular weight excluding hydrogens is 436 g/mol. The first-order valence-corrected chi connectivity index (χ1v) is 12.2. The van der Waals surface area contributed by atoms with Crippen LogP contribution < -0.4 is 14.3 Å². The van der Waals surface area contributed by atoms with E-state index in [1.54, 1.807) is 52.3 Å². The third-order valence-electron chi connectivity index (χ3n) is 4.95. The number of fused-ring (bicyclic) bond motifs is 1. The molecule has 0 spiro atoms. The predicted octanol–water partition coefficient (Wildman–Crippen LogP) is 3.59. The van der Waals surface area contributed by atoms with Crippen LogP contribution >= 0.6 is 11.3 Å². The van der Waals surface area contributed by atoms with Crippen LogP contribution in [-0.2, 0) is 27.6 Å². The van der Waals surface area contributed by atoms with Crippen molar-refractivity contribution >= 4 is 37.3 Å². The molecule has 3 rings (SSSR count). The van der Waals surface area contributed by atoms with E-state index >= 15 is 0 Å². The molecule has 0 fully saturated rings. The molecule has 0 aliphatic rings. The lowest BCUT2D eigenvalue weighted by molar-refractivity contribution is -0.117. The van der Waals surface area contributed by atoms with Crippen molar-refractivity contribution in [2.75, 3.05) is 14.2 Å². The molecule has 31 heavy (non-hydrogen) atoms. The average Bonchev–Trinajstić information content (AvgIpc) is 3.08. The van der Waals surface area contributed by atoms with E-state index in [1.165, 1.54) is 11.3 Å². The topological polar surface area (TPSA) is 87.0 Å². The van der Waals surface area contributed by atoms with E-state index in [-0.39, 0.29) is 17.2 Å². The Morgan fingerprint density at radius 3 is 2.26 bits per heavy atom. The predicted molar refractivity (Wildman–Crippen MR) is 122 cm³/mol. The van der Waals surface area contributed by atoms with Crippen molar-refractivity contribution in [2.45, 2.75) is 43.9 Å².